The highest BCUT2D eigenvalue weighted by molar-refractivity contribution is 6.31. The number of fused-ring (bicyclic) bond motifs is 1. The number of carbonyl (C=O) groups excluding carboxylic acids is 1. The number of phenolic OH excluding ortho intramolecular Hbond substituents is 1. The van der Waals surface area contributed by atoms with Crippen LogP contribution >= 0.6 is 11.6 Å². The smallest absolute Gasteiger partial charge is 0.254 e. The number of amides is 1. The summed E-state index contributed by atoms with van der Waals surface area (Å²) in [7, 11) is 0. The van der Waals surface area contributed by atoms with Crippen molar-refractivity contribution in [1.29, 1.82) is 0 Å². The largest absolute Gasteiger partial charge is 0.503 e. The topological polar surface area (TPSA) is 67.2 Å². The zero-order chi connectivity index (χ0) is 21.4. The Morgan fingerprint density at radius 2 is 1.90 bits per heavy atom. The van der Waals surface area contributed by atoms with Gasteiger partial charge in [-0.3, -0.25) is 9.48 Å². The second-order valence-electron chi connectivity index (χ2n) is 7.58. The van der Waals surface area contributed by atoms with Gasteiger partial charge >= 0.3 is 0 Å². The van der Waals surface area contributed by atoms with Crippen molar-refractivity contribution in [2.24, 2.45) is 5.92 Å². The highest BCUT2D eigenvalue weighted by atomic mass is 35.5. The molecule has 1 fully saturated rings. The number of nitrogens with one attached hydrogen (secondary N) is 1. The predicted molar refractivity (Wildman–Crippen MR) is 106 cm³/mol. The van der Waals surface area contributed by atoms with Crippen molar-refractivity contribution in [3.05, 3.63) is 58.5 Å². The van der Waals surface area contributed by atoms with E-state index in [4.69, 9.17) is 16.7 Å². The molecule has 9 heteroatoms. The average Bonchev–Trinajstić information content (AvgIpc) is 3.16. The molecule has 1 amide bonds. The average molecular weight is 438 g/mol. The summed E-state index contributed by atoms with van der Waals surface area (Å²) in [6.07, 6.45) is 5.36. The van der Waals surface area contributed by atoms with E-state index < -0.39 is 34.7 Å². The first-order valence-corrected chi connectivity index (χ1v) is 10.0. The quantitative estimate of drug-likeness (QED) is 0.566. The maximum absolute atomic E-state index is 13.8. The van der Waals surface area contributed by atoms with Gasteiger partial charge in [0.05, 0.1) is 17.1 Å². The number of halogens is 4. The van der Waals surface area contributed by atoms with E-state index in [1.54, 1.807) is 0 Å². The van der Waals surface area contributed by atoms with Gasteiger partial charge < -0.3 is 10.4 Å². The Bertz CT molecular complexity index is 1110. The van der Waals surface area contributed by atoms with Crippen LogP contribution in [0.4, 0.5) is 13.2 Å². The molecule has 1 aliphatic carbocycles. The summed E-state index contributed by atoms with van der Waals surface area (Å²) in [4.78, 5) is 12.1. The van der Waals surface area contributed by atoms with Crippen molar-refractivity contribution < 1.29 is 23.1 Å². The third kappa shape index (κ3) is 3.96. The predicted octanol–water partition coefficient (Wildman–Crippen LogP) is 4.97. The fourth-order valence-corrected chi connectivity index (χ4v) is 4.06. The van der Waals surface area contributed by atoms with Crippen LogP contribution in [0, 0.1) is 23.4 Å². The first-order chi connectivity index (χ1) is 14.3. The summed E-state index contributed by atoms with van der Waals surface area (Å²) in [6.45, 7) is 0.270. The molecular weight excluding hydrogens is 419 g/mol. The lowest BCUT2D eigenvalue weighted by Crippen LogP contribution is -2.32. The summed E-state index contributed by atoms with van der Waals surface area (Å²) < 4.78 is 42.7. The molecule has 30 heavy (non-hydrogen) atoms. The molecule has 0 bridgehead atoms. The van der Waals surface area contributed by atoms with Gasteiger partial charge in [-0.05, 0) is 55.9 Å². The number of aromatic nitrogens is 2. The molecule has 1 aromatic heterocycles. The minimum Gasteiger partial charge on any atom is -0.503 e. The third-order valence-electron chi connectivity index (χ3n) is 5.61. The molecule has 3 aromatic rings. The van der Waals surface area contributed by atoms with Crippen LogP contribution in [-0.4, -0.2) is 27.3 Å². The zero-order valence-corrected chi connectivity index (χ0v) is 16.6. The van der Waals surface area contributed by atoms with Crippen molar-refractivity contribution in [1.82, 2.24) is 15.1 Å². The van der Waals surface area contributed by atoms with Gasteiger partial charge in [0.25, 0.3) is 5.91 Å². The van der Waals surface area contributed by atoms with Crippen LogP contribution in [0.1, 0.15) is 42.1 Å². The first kappa shape index (κ1) is 20.5. The summed E-state index contributed by atoms with van der Waals surface area (Å²) in [5.74, 6) is -6.90. The van der Waals surface area contributed by atoms with Gasteiger partial charge in [0.1, 0.15) is 0 Å². The maximum atomic E-state index is 13.8. The minimum atomic E-state index is -1.77. The number of aromatic hydroxyl groups is 1. The SMILES string of the molecule is O=C(NC[C@H]1CC[C@H](n2cc3ccc(Cl)cc3n2)CC1)c1cc(F)c(O)c(F)c1F. The standard InChI is InChI=1S/C21H19ClF3N3O2/c22-13-4-3-12-10-28(27-17(12)7-13)14-5-1-11(2-6-14)9-26-21(30)15-8-16(23)20(29)19(25)18(15)24/h3-4,7-8,10-11,14,29H,1-2,5-6,9H2,(H,26,30)/t11-,14-. The molecule has 0 radical (unpaired) electrons. The second-order valence-corrected chi connectivity index (χ2v) is 8.02. The summed E-state index contributed by atoms with van der Waals surface area (Å²) in [5, 5.41) is 17.9. The lowest BCUT2D eigenvalue weighted by atomic mass is 9.86. The highest BCUT2D eigenvalue weighted by Crippen LogP contribution is 2.33. The molecule has 5 nitrogen and oxygen atoms in total. The zero-order valence-electron chi connectivity index (χ0n) is 15.8. The third-order valence-corrected chi connectivity index (χ3v) is 5.84. The van der Waals surface area contributed by atoms with Crippen LogP contribution in [0.2, 0.25) is 5.02 Å². The van der Waals surface area contributed by atoms with E-state index in [2.05, 4.69) is 10.4 Å². The van der Waals surface area contributed by atoms with Gasteiger partial charge in [0, 0.05) is 23.2 Å². The number of carbonyl (C=O) groups is 1. The molecule has 0 aliphatic heterocycles. The molecule has 0 saturated heterocycles. The molecule has 2 aromatic carbocycles. The van der Waals surface area contributed by atoms with Gasteiger partial charge in [-0.2, -0.15) is 9.49 Å². The minimum absolute atomic E-state index is 0.166. The number of rotatable bonds is 4. The number of hydrogen-bond acceptors (Lipinski definition) is 3. The maximum Gasteiger partial charge on any atom is 0.254 e. The molecule has 1 heterocycles. The van der Waals surface area contributed by atoms with E-state index >= 15 is 0 Å². The van der Waals surface area contributed by atoms with E-state index in [1.165, 1.54) is 0 Å². The first-order valence-electron chi connectivity index (χ1n) is 9.62. The molecule has 1 aliphatic rings. The summed E-state index contributed by atoms with van der Waals surface area (Å²) >= 11 is 6.01. The van der Waals surface area contributed by atoms with Crippen LogP contribution in [0.5, 0.6) is 5.75 Å². The van der Waals surface area contributed by atoms with Crippen LogP contribution in [0.15, 0.2) is 30.5 Å². The molecular formula is C21H19ClF3N3O2. The monoisotopic (exact) mass is 437 g/mol. The van der Waals surface area contributed by atoms with Gasteiger partial charge in [-0.25, -0.2) is 8.78 Å². The molecule has 0 spiro atoms. The fraction of sp³-hybridized carbons (Fsp3) is 0.333. The van der Waals surface area contributed by atoms with Crippen LogP contribution in [0.3, 0.4) is 0 Å². The van der Waals surface area contributed by atoms with Crippen molar-refractivity contribution in [2.75, 3.05) is 6.54 Å². The lowest BCUT2D eigenvalue weighted by molar-refractivity contribution is 0.0935. The van der Waals surface area contributed by atoms with Gasteiger partial charge in [-0.1, -0.05) is 11.6 Å². The van der Waals surface area contributed by atoms with Gasteiger partial charge in [0.15, 0.2) is 17.4 Å². The Kier molecular flexibility index (Phi) is 5.60. The Balaban J connectivity index is 1.34. The number of benzene rings is 2. The fourth-order valence-electron chi connectivity index (χ4n) is 3.89. The van der Waals surface area contributed by atoms with E-state index in [0.717, 1.165) is 36.6 Å². The number of nitrogens with zero attached hydrogens (tertiary/aromatic N) is 2. The Hall–Kier alpha value is -2.74. The molecule has 0 atom stereocenters. The molecule has 1 saturated carbocycles. The van der Waals surface area contributed by atoms with E-state index in [-0.39, 0.29) is 18.5 Å². The molecule has 0 unspecified atom stereocenters. The number of phenols is 1. The molecule has 2 N–H and O–H groups in total. The lowest BCUT2D eigenvalue weighted by Gasteiger charge is -2.28. The second kappa shape index (κ2) is 8.18. The van der Waals surface area contributed by atoms with E-state index in [1.807, 2.05) is 29.1 Å². The van der Waals surface area contributed by atoms with Crippen molar-refractivity contribution >= 4 is 28.4 Å². The highest BCUT2D eigenvalue weighted by Gasteiger charge is 2.26. The molecule has 158 valence electrons. The van der Waals surface area contributed by atoms with Gasteiger partial charge in [0.2, 0.25) is 5.82 Å². The normalized spacial score (nSPS) is 19.2. The van der Waals surface area contributed by atoms with Crippen molar-refractivity contribution in [3.8, 4) is 5.75 Å². The van der Waals surface area contributed by atoms with Crippen LogP contribution in [-0.2, 0) is 0 Å². The summed E-state index contributed by atoms with van der Waals surface area (Å²) in [6, 6.07) is 6.30. The van der Waals surface area contributed by atoms with Crippen molar-refractivity contribution in [2.45, 2.75) is 31.7 Å². The summed E-state index contributed by atoms with van der Waals surface area (Å²) in [5.41, 5.74) is 0.0747. The van der Waals surface area contributed by atoms with Crippen LogP contribution < -0.4 is 5.32 Å². The van der Waals surface area contributed by atoms with Crippen LogP contribution in [0.25, 0.3) is 10.9 Å². The Morgan fingerprint density at radius 3 is 2.63 bits per heavy atom. The molecule has 4 rings (SSSR count). The van der Waals surface area contributed by atoms with Crippen molar-refractivity contribution in [3.63, 3.8) is 0 Å². The van der Waals surface area contributed by atoms with E-state index in [9.17, 15) is 18.0 Å². The number of hydrogen-bond donors (Lipinski definition) is 2. The van der Waals surface area contributed by atoms with Gasteiger partial charge in [-0.15, -0.1) is 0 Å². The van der Waals surface area contributed by atoms with E-state index in [0.29, 0.717) is 11.1 Å². The Morgan fingerprint density at radius 1 is 1.17 bits per heavy atom. The Labute approximate surface area is 175 Å².